The molecule has 0 saturated carbocycles. The second kappa shape index (κ2) is 5.40. The lowest BCUT2D eigenvalue weighted by atomic mass is 10.1. The van der Waals surface area contributed by atoms with Gasteiger partial charge >= 0.3 is 5.97 Å². The number of benzene rings is 1. The lowest BCUT2D eigenvalue weighted by molar-refractivity contribution is 0.0696. The highest BCUT2D eigenvalue weighted by atomic mass is 32.1. The Kier molecular flexibility index (Phi) is 3.85. The van der Waals surface area contributed by atoms with Crippen molar-refractivity contribution in [3.05, 3.63) is 34.2 Å². The van der Waals surface area contributed by atoms with Crippen molar-refractivity contribution >= 4 is 17.3 Å². The van der Waals surface area contributed by atoms with Crippen LogP contribution in [0.15, 0.2) is 24.3 Å². The number of carboxylic acids is 1. The van der Waals surface area contributed by atoms with Crippen molar-refractivity contribution in [2.75, 3.05) is 0 Å². The molecule has 2 rings (SSSR count). The fraction of sp³-hybridized carbons (Fsp3) is 0.286. The van der Waals surface area contributed by atoms with Crippen molar-refractivity contribution in [2.45, 2.75) is 26.9 Å². The van der Waals surface area contributed by atoms with Gasteiger partial charge in [-0.25, -0.2) is 9.78 Å². The van der Waals surface area contributed by atoms with Crippen molar-refractivity contribution < 1.29 is 14.6 Å². The van der Waals surface area contributed by atoms with E-state index in [0.717, 1.165) is 21.9 Å². The Labute approximate surface area is 115 Å². The van der Waals surface area contributed by atoms with Crippen molar-refractivity contribution in [3.8, 4) is 17.0 Å². The summed E-state index contributed by atoms with van der Waals surface area (Å²) in [6, 6.07) is 7.53. The highest BCUT2D eigenvalue weighted by Gasteiger charge is 2.14. The third kappa shape index (κ3) is 3.12. The van der Waals surface area contributed by atoms with E-state index in [9.17, 15) is 4.79 Å². The van der Waals surface area contributed by atoms with E-state index in [-0.39, 0.29) is 11.1 Å². The topological polar surface area (TPSA) is 59.4 Å². The third-order valence-corrected chi connectivity index (χ3v) is 3.44. The fourth-order valence-electron chi connectivity index (χ4n) is 1.72. The maximum Gasteiger partial charge on any atom is 0.365 e. The molecule has 19 heavy (non-hydrogen) atoms. The number of aryl methyl sites for hydroxylation is 1. The van der Waals surface area contributed by atoms with E-state index in [2.05, 4.69) is 4.98 Å². The van der Waals surface area contributed by atoms with Gasteiger partial charge in [-0.3, -0.25) is 0 Å². The number of hydrogen-bond donors (Lipinski definition) is 1. The average Bonchev–Trinajstić information content (AvgIpc) is 2.72. The number of ether oxygens (including phenoxy) is 1. The second-order valence-corrected chi connectivity index (χ2v) is 5.62. The molecule has 0 amide bonds. The number of hydrogen-bond acceptors (Lipinski definition) is 4. The third-order valence-electron chi connectivity index (χ3n) is 2.48. The van der Waals surface area contributed by atoms with Crippen LogP contribution >= 0.6 is 11.3 Å². The molecule has 5 heteroatoms. The van der Waals surface area contributed by atoms with Crippen molar-refractivity contribution in [1.82, 2.24) is 4.98 Å². The molecule has 1 aromatic carbocycles. The molecule has 1 aromatic heterocycles. The number of rotatable bonds is 4. The Morgan fingerprint density at radius 3 is 2.42 bits per heavy atom. The van der Waals surface area contributed by atoms with Crippen molar-refractivity contribution in [3.63, 3.8) is 0 Å². The molecule has 100 valence electrons. The minimum absolute atomic E-state index is 0.120. The summed E-state index contributed by atoms with van der Waals surface area (Å²) in [7, 11) is 0. The molecule has 0 aliphatic rings. The highest BCUT2D eigenvalue weighted by Crippen LogP contribution is 2.29. The van der Waals surface area contributed by atoms with Gasteiger partial charge in [0.1, 0.15) is 5.75 Å². The molecule has 0 fully saturated rings. The summed E-state index contributed by atoms with van der Waals surface area (Å²) in [5.41, 5.74) is 1.62. The van der Waals surface area contributed by atoms with Crippen LogP contribution in [0, 0.1) is 6.92 Å². The molecule has 0 aliphatic heterocycles. The molecule has 1 N–H and O–H groups in total. The standard InChI is InChI=1S/C14H15NO3S/c1-8(2)18-11-6-4-10(5-7-11)12-9(3)19-13(15-12)14(16)17/h4-8H,1-3H3,(H,16,17). The van der Waals surface area contributed by atoms with E-state index in [1.807, 2.05) is 45.0 Å². The lowest BCUT2D eigenvalue weighted by Crippen LogP contribution is -2.05. The Balaban J connectivity index is 2.29. The van der Waals surface area contributed by atoms with Crippen LogP contribution in [0.1, 0.15) is 28.5 Å². The molecular weight excluding hydrogens is 262 g/mol. The number of nitrogens with zero attached hydrogens (tertiary/aromatic N) is 1. The fourth-order valence-corrected chi connectivity index (χ4v) is 2.49. The number of carboxylic acid groups (broad SMARTS) is 1. The van der Waals surface area contributed by atoms with Gasteiger partial charge in [0.05, 0.1) is 11.8 Å². The molecule has 0 saturated heterocycles. The first-order valence-corrected chi connectivity index (χ1v) is 6.77. The quantitative estimate of drug-likeness (QED) is 0.927. The molecule has 4 nitrogen and oxygen atoms in total. The summed E-state index contributed by atoms with van der Waals surface area (Å²) in [4.78, 5) is 15.9. The minimum atomic E-state index is -0.987. The van der Waals surface area contributed by atoms with E-state index >= 15 is 0 Å². The Bertz CT molecular complexity index is 587. The molecular formula is C14H15NO3S. The number of aromatic carboxylic acids is 1. The Morgan fingerprint density at radius 2 is 1.95 bits per heavy atom. The number of carbonyl (C=O) groups is 1. The van der Waals surface area contributed by atoms with Crippen LogP contribution in [0.5, 0.6) is 5.75 Å². The Morgan fingerprint density at radius 1 is 1.32 bits per heavy atom. The molecule has 0 radical (unpaired) electrons. The van der Waals surface area contributed by atoms with Gasteiger partial charge in [0, 0.05) is 10.4 Å². The SMILES string of the molecule is Cc1sc(C(=O)O)nc1-c1ccc(OC(C)C)cc1. The predicted molar refractivity (Wildman–Crippen MR) is 75.0 cm³/mol. The molecule has 1 heterocycles. The van der Waals surface area contributed by atoms with Gasteiger partial charge in [-0.15, -0.1) is 11.3 Å². The van der Waals surface area contributed by atoms with Gasteiger partial charge in [0.2, 0.25) is 5.01 Å². The van der Waals surface area contributed by atoms with Crippen LogP contribution in [-0.2, 0) is 0 Å². The second-order valence-electron chi connectivity index (χ2n) is 4.42. The first kappa shape index (κ1) is 13.5. The smallest absolute Gasteiger partial charge is 0.365 e. The molecule has 0 bridgehead atoms. The van der Waals surface area contributed by atoms with Crippen molar-refractivity contribution in [2.24, 2.45) is 0 Å². The van der Waals surface area contributed by atoms with Gasteiger partial charge in [-0.05, 0) is 45.0 Å². The molecule has 0 spiro atoms. The van der Waals surface area contributed by atoms with Crippen LogP contribution in [0.3, 0.4) is 0 Å². The van der Waals surface area contributed by atoms with E-state index in [0.29, 0.717) is 0 Å². The summed E-state index contributed by atoms with van der Waals surface area (Å²) >= 11 is 1.19. The first-order chi connectivity index (χ1) is 8.97. The summed E-state index contributed by atoms with van der Waals surface area (Å²) in [6.07, 6.45) is 0.130. The largest absolute Gasteiger partial charge is 0.491 e. The number of thiazole rings is 1. The summed E-state index contributed by atoms with van der Waals surface area (Å²) < 4.78 is 5.57. The van der Waals surface area contributed by atoms with E-state index < -0.39 is 5.97 Å². The zero-order valence-electron chi connectivity index (χ0n) is 11.0. The molecule has 0 aliphatic carbocycles. The highest BCUT2D eigenvalue weighted by molar-refractivity contribution is 7.13. The number of aromatic nitrogens is 1. The van der Waals surface area contributed by atoms with E-state index in [1.165, 1.54) is 11.3 Å². The predicted octanol–water partition coefficient (Wildman–Crippen LogP) is 3.60. The molecule has 2 aromatic rings. The van der Waals surface area contributed by atoms with Gasteiger partial charge in [0.25, 0.3) is 0 Å². The maximum atomic E-state index is 10.9. The lowest BCUT2D eigenvalue weighted by Gasteiger charge is -2.09. The van der Waals surface area contributed by atoms with Crippen LogP contribution in [0.4, 0.5) is 0 Å². The van der Waals surface area contributed by atoms with Crippen LogP contribution in [0.25, 0.3) is 11.3 Å². The van der Waals surface area contributed by atoms with Crippen LogP contribution in [-0.4, -0.2) is 22.2 Å². The van der Waals surface area contributed by atoms with Crippen LogP contribution < -0.4 is 4.74 Å². The van der Waals surface area contributed by atoms with E-state index in [4.69, 9.17) is 9.84 Å². The molecule has 0 unspecified atom stereocenters. The summed E-state index contributed by atoms with van der Waals surface area (Å²) in [5.74, 6) is -0.191. The van der Waals surface area contributed by atoms with Gasteiger partial charge in [0.15, 0.2) is 0 Å². The van der Waals surface area contributed by atoms with Crippen molar-refractivity contribution in [1.29, 1.82) is 0 Å². The summed E-state index contributed by atoms with van der Waals surface area (Å²) in [5, 5.41) is 9.06. The first-order valence-electron chi connectivity index (χ1n) is 5.95. The van der Waals surface area contributed by atoms with E-state index in [1.54, 1.807) is 0 Å². The van der Waals surface area contributed by atoms with Gasteiger partial charge in [-0.2, -0.15) is 0 Å². The monoisotopic (exact) mass is 277 g/mol. The van der Waals surface area contributed by atoms with Crippen LogP contribution in [0.2, 0.25) is 0 Å². The zero-order chi connectivity index (χ0) is 14.0. The normalized spacial score (nSPS) is 10.7. The minimum Gasteiger partial charge on any atom is -0.491 e. The summed E-state index contributed by atoms with van der Waals surface area (Å²) in [6.45, 7) is 5.81. The zero-order valence-corrected chi connectivity index (χ0v) is 11.8. The Hall–Kier alpha value is -1.88. The van der Waals surface area contributed by atoms with Gasteiger partial charge in [-0.1, -0.05) is 0 Å². The van der Waals surface area contributed by atoms with Gasteiger partial charge < -0.3 is 9.84 Å². The maximum absolute atomic E-state index is 10.9. The average molecular weight is 277 g/mol. The molecule has 0 atom stereocenters.